The van der Waals surface area contributed by atoms with Crippen molar-refractivity contribution in [1.29, 1.82) is 0 Å². The molecule has 0 atom stereocenters. The van der Waals surface area contributed by atoms with Crippen LogP contribution in [-0.2, 0) is 22.6 Å². The number of ether oxygens (including phenoxy) is 1. The summed E-state index contributed by atoms with van der Waals surface area (Å²) in [4.78, 5) is 26.5. The van der Waals surface area contributed by atoms with E-state index in [1.54, 1.807) is 0 Å². The fraction of sp³-hybridized carbons (Fsp3) is 0.250. The van der Waals surface area contributed by atoms with Gasteiger partial charge in [-0.2, -0.15) is 0 Å². The van der Waals surface area contributed by atoms with Crippen LogP contribution >= 0.6 is 11.6 Å². The lowest BCUT2D eigenvalue weighted by atomic mass is 10.1. The van der Waals surface area contributed by atoms with Gasteiger partial charge in [-0.3, -0.25) is 4.79 Å². The highest BCUT2D eigenvalue weighted by molar-refractivity contribution is 6.31. The maximum absolute atomic E-state index is 12.7. The molecule has 35 heavy (non-hydrogen) atoms. The second kappa shape index (κ2) is 10.8. The molecule has 2 heterocycles. The summed E-state index contributed by atoms with van der Waals surface area (Å²) in [6.07, 6.45) is 0.646. The first-order valence-corrected chi connectivity index (χ1v) is 12.2. The number of piperazine rings is 1. The first-order chi connectivity index (χ1) is 17.2. The van der Waals surface area contributed by atoms with Gasteiger partial charge in [0.05, 0.1) is 12.1 Å². The minimum atomic E-state index is 0.0182. The molecule has 0 spiro atoms. The molecule has 6 nitrogen and oxygen atoms in total. The minimum absolute atomic E-state index is 0.0182. The minimum Gasteiger partial charge on any atom is -0.367 e. The van der Waals surface area contributed by atoms with Crippen molar-refractivity contribution in [1.82, 2.24) is 14.9 Å². The maximum atomic E-state index is 12.7. The molecule has 1 amide bonds. The Morgan fingerprint density at radius 1 is 0.857 bits per heavy atom. The molecule has 3 aromatic carbocycles. The average Bonchev–Trinajstić information content (AvgIpc) is 2.89. The normalized spacial score (nSPS) is 13.9. The van der Waals surface area contributed by atoms with E-state index in [0.717, 1.165) is 33.7 Å². The number of amides is 1. The number of rotatable bonds is 7. The Labute approximate surface area is 210 Å². The van der Waals surface area contributed by atoms with Gasteiger partial charge >= 0.3 is 0 Å². The predicted molar refractivity (Wildman–Crippen MR) is 139 cm³/mol. The third-order valence-electron chi connectivity index (χ3n) is 6.16. The summed E-state index contributed by atoms with van der Waals surface area (Å²) < 4.78 is 5.65. The topological polar surface area (TPSA) is 58.6 Å². The molecule has 1 aliphatic rings. The molecule has 7 heteroatoms. The first kappa shape index (κ1) is 23.3. The molecule has 0 unspecified atom stereocenters. The van der Waals surface area contributed by atoms with E-state index in [4.69, 9.17) is 26.3 Å². The number of anilines is 1. The summed E-state index contributed by atoms with van der Waals surface area (Å²) in [5, 5.41) is 1.62. The Kier molecular flexibility index (Phi) is 7.21. The molecule has 1 aromatic heterocycles. The zero-order valence-electron chi connectivity index (χ0n) is 19.4. The van der Waals surface area contributed by atoms with Gasteiger partial charge in [0.1, 0.15) is 18.2 Å². The van der Waals surface area contributed by atoms with Crippen LogP contribution in [0.3, 0.4) is 0 Å². The van der Waals surface area contributed by atoms with E-state index < -0.39 is 0 Å². The van der Waals surface area contributed by atoms with Gasteiger partial charge in [0.2, 0.25) is 5.91 Å². The van der Waals surface area contributed by atoms with Crippen molar-refractivity contribution < 1.29 is 9.53 Å². The van der Waals surface area contributed by atoms with Crippen molar-refractivity contribution in [3.63, 3.8) is 0 Å². The summed E-state index contributed by atoms with van der Waals surface area (Å²) in [5.74, 6) is 1.67. The fourth-order valence-corrected chi connectivity index (χ4v) is 4.49. The number of hydrogen-bond donors (Lipinski definition) is 0. The second-order valence-corrected chi connectivity index (χ2v) is 9.07. The van der Waals surface area contributed by atoms with Crippen LogP contribution in [0.15, 0.2) is 78.9 Å². The van der Waals surface area contributed by atoms with Gasteiger partial charge in [0.25, 0.3) is 0 Å². The molecular formula is C28H27ClN4O2. The smallest absolute Gasteiger partial charge is 0.248 e. The van der Waals surface area contributed by atoms with Gasteiger partial charge in [0, 0.05) is 43.0 Å². The third kappa shape index (κ3) is 5.78. The number of carbonyl (C=O) groups excluding carboxylic acids is 1. The van der Waals surface area contributed by atoms with E-state index in [1.807, 2.05) is 71.6 Å². The summed E-state index contributed by atoms with van der Waals surface area (Å²) in [7, 11) is 0. The highest BCUT2D eigenvalue weighted by atomic mass is 35.5. The molecule has 178 valence electrons. The Hall–Kier alpha value is -3.48. The van der Waals surface area contributed by atoms with E-state index in [9.17, 15) is 4.79 Å². The molecule has 0 aliphatic carbocycles. The molecule has 0 N–H and O–H groups in total. The molecule has 1 fully saturated rings. The van der Waals surface area contributed by atoms with Crippen LogP contribution in [0.5, 0.6) is 0 Å². The standard InChI is InChI=1S/C28H27ClN4O2/c29-23-11-12-24-25(18-23)30-26(17-21-7-3-1-4-8-21)31-28(24)33-15-13-32(14-16-33)27(34)20-35-19-22-9-5-2-6-10-22/h1-12,18H,13-17,19-20H2. The SMILES string of the molecule is O=C(COCc1ccccc1)N1CCN(c2nc(Cc3ccccc3)nc3cc(Cl)ccc23)CC1. The van der Waals surface area contributed by atoms with Crippen molar-refractivity contribution in [2.24, 2.45) is 0 Å². The Balaban J connectivity index is 1.27. The highest BCUT2D eigenvalue weighted by Gasteiger charge is 2.24. The molecule has 0 saturated carbocycles. The monoisotopic (exact) mass is 486 g/mol. The molecule has 1 saturated heterocycles. The number of nitrogens with zero attached hydrogens (tertiary/aromatic N) is 4. The van der Waals surface area contributed by atoms with Gasteiger partial charge in [-0.05, 0) is 29.3 Å². The fourth-order valence-electron chi connectivity index (χ4n) is 4.32. The zero-order chi connectivity index (χ0) is 24.0. The van der Waals surface area contributed by atoms with E-state index in [0.29, 0.717) is 44.2 Å². The van der Waals surface area contributed by atoms with Gasteiger partial charge in [-0.1, -0.05) is 72.3 Å². The second-order valence-electron chi connectivity index (χ2n) is 8.63. The van der Waals surface area contributed by atoms with Crippen LogP contribution in [0, 0.1) is 0 Å². The van der Waals surface area contributed by atoms with Gasteiger partial charge in [0.15, 0.2) is 0 Å². The van der Waals surface area contributed by atoms with Crippen molar-refractivity contribution in [3.05, 3.63) is 101 Å². The van der Waals surface area contributed by atoms with Crippen molar-refractivity contribution in [3.8, 4) is 0 Å². The van der Waals surface area contributed by atoms with Gasteiger partial charge in [-0.25, -0.2) is 9.97 Å². The van der Waals surface area contributed by atoms with E-state index >= 15 is 0 Å². The molecule has 5 rings (SSSR count). The quantitative estimate of drug-likeness (QED) is 0.377. The van der Waals surface area contributed by atoms with Gasteiger partial charge in [-0.15, -0.1) is 0 Å². The number of halogens is 1. The lowest BCUT2D eigenvalue weighted by Crippen LogP contribution is -2.50. The average molecular weight is 487 g/mol. The predicted octanol–water partition coefficient (Wildman–Crippen LogP) is 4.74. The van der Waals surface area contributed by atoms with Crippen LogP contribution < -0.4 is 4.90 Å². The Morgan fingerprint density at radius 3 is 2.26 bits per heavy atom. The lowest BCUT2D eigenvalue weighted by Gasteiger charge is -2.36. The first-order valence-electron chi connectivity index (χ1n) is 11.8. The van der Waals surface area contributed by atoms with E-state index in [-0.39, 0.29) is 12.5 Å². The number of fused-ring (bicyclic) bond motifs is 1. The van der Waals surface area contributed by atoms with Crippen LogP contribution in [0.1, 0.15) is 17.0 Å². The maximum Gasteiger partial charge on any atom is 0.248 e. The summed E-state index contributed by atoms with van der Waals surface area (Å²) in [5.41, 5.74) is 3.05. The Morgan fingerprint density at radius 2 is 1.54 bits per heavy atom. The number of benzene rings is 3. The number of hydrogen-bond acceptors (Lipinski definition) is 5. The van der Waals surface area contributed by atoms with E-state index in [2.05, 4.69) is 17.0 Å². The van der Waals surface area contributed by atoms with Crippen LogP contribution in [0.2, 0.25) is 5.02 Å². The third-order valence-corrected chi connectivity index (χ3v) is 6.39. The molecular weight excluding hydrogens is 460 g/mol. The van der Waals surface area contributed by atoms with Crippen molar-refractivity contribution >= 4 is 34.2 Å². The van der Waals surface area contributed by atoms with Crippen LogP contribution in [0.25, 0.3) is 10.9 Å². The molecule has 0 radical (unpaired) electrons. The van der Waals surface area contributed by atoms with E-state index in [1.165, 1.54) is 0 Å². The summed E-state index contributed by atoms with van der Waals surface area (Å²) >= 11 is 6.27. The molecule has 0 bridgehead atoms. The van der Waals surface area contributed by atoms with Crippen molar-refractivity contribution in [2.45, 2.75) is 13.0 Å². The summed E-state index contributed by atoms with van der Waals surface area (Å²) in [6.45, 7) is 3.17. The molecule has 1 aliphatic heterocycles. The highest BCUT2D eigenvalue weighted by Crippen LogP contribution is 2.28. The van der Waals surface area contributed by atoms with Crippen LogP contribution in [-0.4, -0.2) is 53.6 Å². The lowest BCUT2D eigenvalue weighted by molar-refractivity contribution is -0.136. The van der Waals surface area contributed by atoms with Crippen molar-refractivity contribution in [2.75, 3.05) is 37.7 Å². The number of aromatic nitrogens is 2. The van der Waals surface area contributed by atoms with Gasteiger partial charge < -0.3 is 14.5 Å². The number of carbonyl (C=O) groups is 1. The Bertz CT molecular complexity index is 1290. The zero-order valence-corrected chi connectivity index (χ0v) is 20.2. The van der Waals surface area contributed by atoms with Crippen LogP contribution in [0.4, 0.5) is 5.82 Å². The molecule has 4 aromatic rings. The summed E-state index contributed by atoms with van der Waals surface area (Å²) in [6, 6.07) is 25.8. The largest absolute Gasteiger partial charge is 0.367 e.